The van der Waals surface area contributed by atoms with Gasteiger partial charge in [0.2, 0.25) is 0 Å². The second kappa shape index (κ2) is 2.33. The summed E-state index contributed by atoms with van der Waals surface area (Å²) in [6.45, 7) is 4.09. The number of nitrogens with one attached hydrogen (secondary N) is 1. The number of carbonyl (C=O) groups is 1. The second-order valence-electron chi connectivity index (χ2n) is 3.83. The van der Waals surface area contributed by atoms with Crippen molar-refractivity contribution < 1.29 is 4.79 Å². The smallest absolute Gasteiger partial charge is 0.252 e. The lowest BCUT2D eigenvalue weighted by Gasteiger charge is -2.30. The van der Waals surface area contributed by atoms with E-state index in [-0.39, 0.29) is 11.4 Å². The van der Waals surface area contributed by atoms with E-state index in [1.807, 2.05) is 19.2 Å². The highest BCUT2D eigenvalue weighted by Crippen LogP contribution is 2.25. The van der Waals surface area contributed by atoms with Crippen LogP contribution in [0.3, 0.4) is 0 Å². The van der Waals surface area contributed by atoms with Gasteiger partial charge in [-0.05, 0) is 31.2 Å². The Labute approximate surface area is 75.6 Å². The van der Waals surface area contributed by atoms with Gasteiger partial charge in [0.25, 0.3) is 5.91 Å². The Morgan fingerprint density at radius 3 is 3.00 bits per heavy atom. The Hall–Kier alpha value is -0.830. The largest absolute Gasteiger partial charge is 0.347 e. The lowest BCUT2D eigenvalue weighted by Crippen LogP contribution is -2.48. The molecule has 0 aromatic carbocycles. The fourth-order valence-electron chi connectivity index (χ4n) is 1.55. The molecular weight excluding hydrogens is 170 g/mol. The van der Waals surface area contributed by atoms with E-state index in [4.69, 9.17) is 0 Å². The predicted molar refractivity (Wildman–Crippen MR) is 49.6 cm³/mol. The van der Waals surface area contributed by atoms with Gasteiger partial charge in [0.15, 0.2) is 0 Å². The fraction of sp³-hybridized carbons (Fsp3) is 0.444. The van der Waals surface area contributed by atoms with Crippen molar-refractivity contribution in [1.82, 2.24) is 5.32 Å². The number of amides is 1. The van der Waals surface area contributed by atoms with Crippen molar-refractivity contribution in [3.8, 4) is 0 Å². The van der Waals surface area contributed by atoms with Crippen LogP contribution in [-0.2, 0) is 6.42 Å². The molecule has 1 aromatic rings. The number of rotatable bonds is 0. The van der Waals surface area contributed by atoms with E-state index in [0.29, 0.717) is 0 Å². The SMILES string of the molecule is CC1(C)Cc2cscc2C(=O)N1. The molecule has 0 aliphatic carbocycles. The second-order valence-corrected chi connectivity index (χ2v) is 4.57. The summed E-state index contributed by atoms with van der Waals surface area (Å²) in [6, 6.07) is 0. The van der Waals surface area contributed by atoms with Crippen molar-refractivity contribution >= 4 is 17.2 Å². The van der Waals surface area contributed by atoms with Crippen LogP contribution in [0, 0.1) is 0 Å². The minimum atomic E-state index is -0.0782. The minimum Gasteiger partial charge on any atom is -0.347 e. The van der Waals surface area contributed by atoms with Crippen molar-refractivity contribution in [2.75, 3.05) is 0 Å². The number of fused-ring (bicyclic) bond motifs is 1. The third-order valence-corrected chi connectivity index (χ3v) is 2.86. The zero-order chi connectivity index (χ0) is 8.77. The molecule has 0 unspecified atom stereocenters. The summed E-state index contributed by atoms with van der Waals surface area (Å²) in [5.74, 6) is 0.0718. The van der Waals surface area contributed by atoms with Gasteiger partial charge in [-0.3, -0.25) is 4.79 Å². The van der Waals surface area contributed by atoms with Crippen LogP contribution in [-0.4, -0.2) is 11.4 Å². The molecule has 1 amide bonds. The maximum absolute atomic E-state index is 11.5. The predicted octanol–water partition coefficient (Wildman–Crippen LogP) is 1.81. The zero-order valence-corrected chi connectivity index (χ0v) is 7.99. The topological polar surface area (TPSA) is 29.1 Å². The highest BCUT2D eigenvalue weighted by molar-refractivity contribution is 7.08. The molecule has 1 aliphatic heterocycles. The summed E-state index contributed by atoms with van der Waals surface area (Å²) in [7, 11) is 0. The van der Waals surface area contributed by atoms with Crippen molar-refractivity contribution in [2.24, 2.45) is 0 Å². The summed E-state index contributed by atoms with van der Waals surface area (Å²) in [5, 5.41) is 6.95. The van der Waals surface area contributed by atoms with Crippen LogP contribution >= 0.6 is 11.3 Å². The van der Waals surface area contributed by atoms with Crippen LogP contribution in [0.4, 0.5) is 0 Å². The highest BCUT2D eigenvalue weighted by atomic mass is 32.1. The van der Waals surface area contributed by atoms with Gasteiger partial charge in [-0.2, -0.15) is 11.3 Å². The molecule has 0 fully saturated rings. The van der Waals surface area contributed by atoms with E-state index >= 15 is 0 Å². The van der Waals surface area contributed by atoms with E-state index < -0.39 is 0 Å². The normalized spacial score (nSPS) is 20.0. The maximum Gasteiger partial charge on any atom is 0.252 e. The van der Waals surface area contributed by atoms with Crippen molar-refractivity contribution in [3.05, 3.63) is 21.9 Å². The Kier molecular flexibility index (Phi) is 1.51. The summed E-state index contributed by atoms with van der Waals surface area (Å²) < 4.78 is 0. The number of carbonyl (C=O) groups excluding carboxylic acids is 1. The van der Waals surface area contributed by atoms with Crippen molar-refractivity contribution in [3.63, 3.8) is 0 Å². The first-order valence-corrected chi connectivity index (χ1v) is 4.90. The third-order valence-electron chi connectivity index (χ3n) is 2.07. The third kappa shape index (κ3) is 1.14. The van der Waals surface area contributed by atoms with Crippen molar-refractivity contribution in [1.29, 1.82) is 0 Å². The Balaban J connectivity index is 2.45. The minimum absolute atomic E-state index is 0.0718. The molecule has 0 bridgehead atoms. The van der Waals surface area contributed by atoms with Gasteiger partial charge in [0.1, 0.15) is 0 Å². The zero-order valence-electron chi connectivity index (χ0n) is 7.18. The quantitative estimate of drug-likeness (QED) is 0.650. The molecule has 2 nitrogen and oxygen atoms in total. The Morgan fingerprint density at radius 2 is 2.25 bits per heavy atom. The molecule has 0 saturated carbocycles. The lowest BCUT2D eigenvalue weighted by molar-refractivity contribution is 0.0898. The Morgan fingerprint density at radius 1 is 1.50 bits per heavy atom. The number of hydrogen-bond donors (Lipinski definition) is 1. The van der Waals surface area contributed by atoms with Gasteiger partial charge in [0, 0.05) is 10.9 Å². The van der Waals surface area contributed by atoms with Crippen LogP contribution in [0.1, 0.15) is 29.8 Å². The van der Waals surface area contributed by atoms with E-state index in [1.165, 1.54) is 5.56 Å². The van der Waals surface area contributed by atoms with Gasteiger partial charge in [-0.1, -0.05) is 0 Å². The van der Waals surface area contributed by atoms with Gasteiger partial charge < -0.3 is 5.32 Å². The maximum atomic E-state index is 11.5. The van der Waals surface area contributed by atoms with Crippen LogP contribution in [0.25, 0.3) is 0 Å². The fourth-order valence-corrected chi connectivity index (χ4v) is 2.39. The van der Waals surface area contributed by atoms with Gasteiger partial charge in [-0.25, -0.2) is 0 Å². The summed E-state index contributed by atoms with van der Waals surface area (Å²) in [6.07, 6.45) is 0.942. The number of thiophene rings is 1. The van der Waals surface area contributed by atoms with Gasteiger partial charge in [-0.15, -0.1) is 0 Å². The first-order chi connectivity index (χ1) is 5.58. The molecule has 0 atom stereocenters. The lowest BCUT2D eigenvalue weighted by atomic mass is 9.90. The van der Waals surface area contributed by atoms with Crippen LogP contribution in [0.2, 0.25) is 0 Å². The molecule has 64 valence electrons. The average Bonchev–Trinajstić information content (AvgIpc) is 2.31. The molecule has 1 aromatic heterocycles. The average molecular weight is 181 g/mol. The molecule has 0 radical (unpaired) electrons. The summed E-state index contributed by atoms with van der Waals surface area (Å²) >= 11 is 1.60. The first-order valence-electron chi connectivity index (χ1n) is 3.96. The first kappa shape index (κ1) is 7.80. The summed E-state index contributed by atoms with van der Waals surface area (Å²) in [5.41, 5.74) is 1.97. The van der Waals surface area contributed by atoms with Crippen LogP contribution < -0.4 is 5.32 Å². The van der Waals surface area contributed by atoms with E-state index in [9.17, 15) is 4.79 Å². The van der Waals surface area contributed by atoms with E-state index in [2.05, 4.69) is 10.7 Å². The van der Waals surface area contributed by atoms with E-state index in [0.717, 1.165) is 12.0 Å². The molecule has 12 heavy (non-hydrogen) atoms. The van der Waals surface area contributed by atoms with Crippen LogP contribution in [0.15, 0.2) is 10.8 Å². The van der Waals surface area contributed by atoms with Crippen molar-refractivity contribution in [2.45, 2.75) is 25.8 Å². The van der Waals surface area contributed by atoms with E-state index in [1.54, 1.807) is 11.3 Å². The molecule has 0 saturated heterocycles. The Bertz CT molecular complexity index is 327. The molecule has 1 aliphatic rings. The number of hydrogen-bond acceptors (Lipinski definition) is 2. The standard InChI is InChI=1S/C9H11NOS/c1-9(2)3-6-4-12-5-7(6)8(11)10-9/h4-5H,3H2,1-2H3,(H,10,11). The molecule has 0 spiro atoms. The molecule has 1 N–H and O–H groups in total. The van der Waals surface area contributed by atoms with Gasteiger partial charge in [0.05, 0.1) is 5.56 Å². The molecule has 2 heterocycles. The monoisotopic (exact) mass is 181 g/mol. The molecule has 2 rings (SSSR count). The van der Waals surface area contributed by atoms with Gasteiger partial charge >= 0.3 is 0 Å². The highest BCUT2D eigenvalue weighted by Gasteiger charge is 2.29. The van der Waals surface area contributed by atoms with Crippen LogP contribution in [0.5, 0.6) is 0 Å². The molecular formula is C9H11NOS. The molecule has 3 heteroatoms. The summed E-state index contributed by atoms with van der Waals surface area (Å²) in [4.78, 5) is 11.5.